The minimum absolute atomic E-state index is 0.700. The zero-order valence-electron chi connectivity index (χ0n) is 11.5. The highest BCUT2D eigenvalue weighted by Crippen LogP contribution is 2.30. The van der Waals surface area contributed by atoms with E-state index in [4.69, 9.17) is 0 Å². The van der Waals surface area contributed by atoms with E-state index in [1.807, 2.05) is 0 Å². The molecule has 0 spiro atoms. The van der Waals surface area contributed by atoms with E-state index < -0.39 is 0 Å². The van der Waals surface area contributed by atoms with E-state index in [-0.39, 0.29) is 0 Å². The molecule has 0 aromatic rings. The van der Waals surface area contributed by atoms with Gasteiger partial charge < -0.3 is 5.32 Å². The van der Waals surface area contributed by atoms with Crippen molar-refractivity contribution in [3.8, 4) is 0 Å². The Morgan fingerprint density at radius 1 is 1.18 bits per heavy atom. The van der Waals surface area contributed by atoms with Gasteiger partial charge in [0.1, 0.15) is 0 Å². The van der Waals surface area contributed by atoms with Crippen LogP contribution >= 0.6 is 0 Å². The first kappa shape index (κ1) is 13.1. The van der Waals surface area contributed by atoms with E-state index in [2.05, 4.69) is 18.3 Å². The molecule has 1 atom stereocenters. The summed E-state index contributed by atoms with van der Waals surface area (Å²) in [5, 5.41) is 3.72. The van der Waals surface area contributed by atoms with Gasteiger partial charge in [-0.05, 0) is 38.1 Å². The Morgan fingerprint density at radius 3 is 2.53 bits per heavy atom. The summed E-state index contributed by atoms with van der Waals surface area (Å²) in [6.45, 7) is 3.37. The van der Waals surface area contributed by atoms with E-state index >= 15 is 0 Å². The van der Waals surface area contributed by atoms with Gasteiger partial charge in [0.2, 0.25) is 0 Å². The molecule has 0 saturated heterocycles. The quantitative estimate of drug-likeness (QED) is 0.549. The van der Waals surface area contributed by atoms with Crippen LogP contribution in [0.2, 0.25) is 0 Å². The highest BCUT2D eigenvalue weighted by Gasteiger charge is 2.21. The van der Waals surface area contributed by atoms with Gasteiger partial charge in [0, 0.05) is 6.04 Å². The molecule has 0 aliphatic heterocycles. The molecule has 0 amide bonds. The summed E-state index contributed by atoms with van der Waals surface area (Å²) >= 11 is 0. The van der Waals surface area contributed by atoms with E-state index in [1.54, 1.807) is 5.57 Å². The van der Waals surface area contributed by atoms with Crippen LogP contribution in [0.15, 0.2) is 11.6 Å². The van der Waals surface area contributed by atoms with Gasteiger partial charge in [-0.2, -0.15) is 0 Å². The van der Waals surface area contributed by atoms with Crippen LogP contribution in [0.25, 0.3) is 0 Å². The SMILES string of the molecule is CCNC(CC1CCCCCC1)C1=CCCC1. The van der Waals surface area contributed by atoms with Gasteiger partial charge in [-0.1, -0.05) is 57.1 Å². The highest BCUT2D eigenvalue weighted by molar-refractivity contribution is 5.15. The van der Waals surface area contributed by atoms with Crippen molar-refractivity contribution in [1.82, 2.24) is 5.32 Å². The molecule has 0 aromatic carbocycles. The van der Waals surface area contributed by atoms with Crippen LogP contribution in [0.1, 0.15) is 71.1 Å². The summed E-state index contributed by atoms with van der Waals surface area (Å²) in [7, 11) is 0. The lowest BCUT2D eigenvalue weighted by Gasteiger charge is -2.24. The van der Waals surface area contributed by atoms with Crippen molar-refractivity contribution in [2.24, 2.45) is 5.92 Å². The molecular formula is C16H29N. The first-order chi connectivity index (χ1) is 8.40. The van der Waals surface area contributed by atoms with Crippen LogP contribution in [-0.4, -0.2) is 12.6 Å². The molecule has 0 radical (unpaired) electrons. The predicted octanol–water partition coefficient (Wildman–Crippen LogP) is 4.44. The van der Waals surface area contributed by atoms with Crippen molar-refractivity contribution in [2.45, 2.75) is 77.2 Å². The molecule has 1 nitrogen and oxygen atoms in total. The molecular weight excluding hydrogens is 206 g/mol. The summed E-state index contributed by atoms with van der Waals surface area (Å²) in [4.78, 5) is 0. The van der Waals surface area contributed by atoms with Crippen molar-refractivity contribution in [3.63, 3.8) is 0 Å². The van der Waals surface area contributed by atoms with Crippen molar-refractivity contribution in [3.05, 3.63) is 11.6 Å². The molecule has 0 bridgehead atoms. The average molecular weight is 235 g/mol. The molecule has 0 heterocycles. The number of rotatable bonds is 5. The summed E-state index contributed by atoms with van der Waals surface area (Å²) in [5.41, 5.74) is 1.72. The van der Waals surface area contributed by atoms with Crippen LogP contribution in [0.3, 0.4) is 0 Å². The van der Waals surface area contributed by atoms with E-state index in [0.717, 1.165) is 12.5 Å². The average Bonchev–Trinajstić information content (AvgIpc) is 2.75. The Bertz CT molecular complexity index is 236. The van der Waals surface area contributed by atoms with Gasteiger partial charge in [-0.3, -0.25) is 0 Å². The first-order valence-electron chi connectivity index (χ1n) is 7.82. The topological polar surface area (TPSA) is 12.0 Å². The van der Waals surface area contributed by atoms with Crippen LogP contribution in [0.5, 0.6) is 0 Å². The standard InChI is InChI=1S/C16H29N/c1-2-17-16(15-11-7-8-12-15)13-14-9-5-3-4-6-10-14/h11,14,16-17H,2-10,12-13H2,1H3. The number of hydrogen-bond donors (Lipinski definition) is 1. The van der Waals surface area contributed by atoms with Gasteiger partial charge >= 0.3 is 0 Å². The van der Waals surface area contributed by atoms with Gasteiger partial charge in [0.25, 0.3) is 0 Å². The molecule has 1 unspecified atom stereocenters. The van der Waals surface area contributed by atoms with Crippen LogP contribution in [-0.2, 0) is 0 Å². The third-order valence-electron chi connectivity index (χ3n) is 4.52. The Kier molecular flexibility index (Phi) is 5.57. The Morgan fingerprint density at radius 2 is 1.94 bits per heavy atom. The lowest BCUT2D eigenvalue weighted by Crippen LogP contribution is -2.32. The maximum atomic E-state index is 3.72. The van der Waals surface area contributed by atoms with Gasteiger partial charge in [0.15, 0.2) is 0 Å². The predicted molar refractivity (Wildman–Crippen MR) is 75.2 cm³/mol. The maximum Gasteiger partial charge on any atom is 0.0281 e. The second-order valence-electron chi connectivity index (χ2n) is 5.87. The Hall–Kier alpha value is -0.300. The molecule has 98 valence electrons. The van der Waals surface area contributed by atoms with Gasteiger partial charge in [-0.25, -0.2) is 0 Å². The Balaban J connectivity index is 1.86. The Labute approximate surface area is 107 Å². The smallest absolute Gasteiger partial charge is 0.0281 e. The minimum atomic E-state index is 0.700. The monoisotopic (exact) mass is 235 g/mol. The normalized spacial score (nSPS) is 24.4. The number of likely N-dealkylation sites (N-methyl/N-ethyl adjacent to an activating group) is 1. The molecule has 1 saturated carbocycles. The highest BCUT2D eigenvalue weighted by atomic mass is 14.9. The molecule has 1 N–H and O–H groups in total. The zero-order chi connectivity index (χ0) is 11.9. The van der Waals surface area contributed by atoms with Crippen LogP contribution in [0, 0.1) is 5.92 Å². The minimum Gasteiger partial charge on any atom is -0.311 e. The molecule has 1 fully saturated rings. The van der Waals surface area contributed by atoms with Gasteiger partial charge in [-0.15, -0.1) is 0 Å². The largest absolute Gasteiger partial charge is 0.311 e. The van der Waals surface area contributed by atoms with Crippen LogP contribution < -0.4 is 5.32 Å². The fourth-order valence-electron chi connectivity index (χ4n) is 3.56. The maximum absolute atomic E-state index is 3.72. The van der Waals surface area contributed by atoms with Crippen LogP contribution in [0.4, 0.5) is 0 Å². The third kappa shape index (κ3) is 4.13. The molecule has 2 rings (SSSR count). The number of hydrogen-bond acceptors (Lipinski definition) is 1. The third-order valence-corrected chi connectivity index (χ3v) is 4.52. The lowest BCUT2D eigenvalue weighted by molar-refractivity contribution is 0.374. The van der Waals surface area contributed by atoms with Gasteiger partial charge in [0.05, 0.1) is 0 Å². The molecule has 2 aliphatic carbocycles. The number of allylic oxidation sites excluding steroid dienone is 1. The number of nitrogens with one attached hydrogen (secondary N) is 1. The second kappa shape index (κ2) is 7.20. The fraction of sp³-hybridized carbons (Fsp3) is 0.875. The molecule has 17 heavy (non-hydrogen) atoms. The van der Waals surface area contributed by atoms with Crippen molar-refractivity contribution in [1.29, 1.82) is 0 Å². The first-order valence-corrected chi connectivity index (χ1v) is 7.82. The summed E-state index contributed by atoms with van der Waals surface area (Å²) in [5.74, 6) is 0.989. The van der Waals surface area contributed by atoms with E-state index in [9.17, 15) is 0 Å². The molecule has 1 heteroatoms. The van der Waals surface area contributed by atoms with E-state index in [1.165, 1.54) is 64.2 Å². The van der Waals surface area contributed by atoms with Crippen molar-refractivity contribution in [2.75, 3.05) is 6.54 Å². The second-order valence-corrected chi connectivity index (χ2v) is 5.87. The fourth-order valence-corrected chi connectivity index (χ4v) is 3.56. The summed E-state index contributed by atoms with van der Waals surface area (Å²) < 4.78 is 0. The van der Waals surface area contributed by atoms with Crippen molar-refractivity contribution < 1.29 is 0 Å². The summed E-state index contributed by atoms with van der Waals surface area (Å²) in [6, 6.07) is 0.700. The van der Waals surface area contributed by atoms with E-state index in [0.29, 0.717) is 6.04 Å². The zero-order valence-corrected chi connectivity index (χ0v) is 11.5. The molecule has 2 aliphatic rings. The lowest BCUT2D eigenvalue weighted by atomic mass is 9.89. The van der Waals surface area contributed by atoms with Crippen molar-refractivity contribution >= 4 is 0 Å². The summed E-state index contributed by atoms with van der Waals surface area (Å²) in [6.07, 6.45) is 16.8. The molecule has 0 aromatic heterocycles.